The molecule has 3 nitrogen and oxygen atoms in total. The number of Topliss-reactive ketones (excluding diaryl/α,β-unsaturated/α-hetero) is 1. The fourth-order valence-electron chi connectivity index (χ4n) is 1.55. The minimum atomic E-state index is -0.232. The molecular weight excluding hydrogens is 216 g/mol. The maximum atomic E-state index is 11.4. The number of rotatable bonds is 11. The van der Waals surface area contributed by atoms with Crippen LogP contribution < -0.4 is 0 Å². The number of hydrogen-bond donors (Lipinski definition) is 0. The smallest absolute Gasteiger partial charge is 0.306 e. The molecule has 0 saturated heterocycles. The van der Waals surface area contributed by atoms with E-state index in [1.807, 2.05) is 0 Å². The average molecular weight is 242 g/mol. The Labute approximate surface area is 105 Å². The molecule has 0 amide bonds. The van der Waals surface area contributed by atoms with Crippen LogP contribution in [0.4, 0.5) is 0 Å². The predicted octanol–water partition coefficient (Wildman–Crippen LogP) is 3.65. The molecule has 0 aliphatic carbocycles. The zero-order valence-electron chi connectivity index (χ0n) is 11.3. The van der Waals surface area contributed by atoms with E-state index in [1.165, 1.54) is 0 Å². The molecule has 0 aromatic rings. The zero-order chi connectivity index (χ0) is 12.9. The molecule has 0 heterocycles. The van der Waals surface area contributed by atoms with Gasteiger partial charge in [0, 0.05) is 12.8 Å². The lowest BCUT2D eigenvalue weighted by atomic mass is 10.1. The third-order valence-corrected chi connectivity index (χ3v) is 2.68. The fraction of sp³-hybridized carbons (Fsp3) is 0.857. The van der Waals surface area contributed by atoms with Gasteiger partial charge in [0.25, 0.3) is 0 Å². The first-order chi connectivity index (χ1) is 8.20. The Balaban J connectivity index is 3.39. The first-order valence-corrected chi connectivity index (χ1v) is 6.88. The molecule has 0 rings (SSSR count). The van der Waals surface area contributed by atoms with Gasteiger partial charge in [-0.3, -0.25) is 9.59 Å². The van der Waals surface area contributed by atoms with Gasteiger partial charge in [-0.25, -0.2) is 0 Å². The second-order valence-electron chi connectivity index (χ2n) is 4.42. The summed E-state index contributed by atoms with van der Waals surface area (Å²) in [6.45, 7) is 4.71. The van der Waals surface area contributed by atoms with E-state index >= 15 is 0 Å². The van der Waals surface area contributed by atoms with Crippen molar-refractivity contribution in [3.8, 4) is 0 Å². The summed E-state index contributed by atoms with van der Waals surface area (Å²) in [4.78, 5) is 22.7. The van der Waals surface area contributed by atoms with Crippen LogP contribution >= 0.6 is 0 Å². The zero-order valence-corrected chi connectivity index (χ0v) is 11.3. The van der Waals surface area contributed by atoms with E-state index in [0.717, 1.165) is 38.5 Å². The average Bonchev–Trinajstić information content (AvgIpc) is 2.32. The molecule has 0 aliphatic rings. The van der Waals surface area contributed by atoms with Crippen molar-refractivity contribution in [2.24, 2.45) is 0 Å². The summed E-state index contributed by atoms with van der Waals surface area (Å²) >= 11 is 0. The van der Waals surface area contributed by atoms with Gasteiger partial charge >= 0.3 is 5.97 Å². The summed E-state index contributed by atoms with van der Waals surface area (Å²) < 4.78 is 5.03. The van der Waals surface area contributed by atoms with Crippen molar-refractivity contribution in [2.45, 2.75) is 71.6 Å². The molecule has 0 unspecified atom stereocenters. The Hall–Kier alpha value is -0.860. The van der Waals surface area contributed by atoms with Crippen molar-refractivity contribution in [1.29, 1.82) is 0 Å². The normalized spacial score (nSPS) is 10.2. The van der Waals surface area contributed by atoms with E-state index in [-0.39, 0.29) is 18.2 Å². The molecule has 0 aromatic carbocycles. The second kappa shape index (κ2) is 11.6. The third-order valence-electron chi connectivity index (χ3n) is 2.68. The fourth-order valence-corrected chi connectivity index (χ4v) is 1.55. The Kier molecular flexibility index (Phi) is 11.0. The molecule has 0 spiro atoms. The summed E-state index contributed by atoms with van der Waals surface area (Å²) in [5.41, 5.74) is 0. The molecule has 3 heteroatoms. The number of esters is 1. The van der Waals surface area contributed by atoms with E-state index < -0.39 is 0 Å². The van der Waals surface area contributed by atoms with Crippen LogP contribution in [0.15, 0.2) is 0 Å². The van der Waals surface area contributed by atoms with Crippen molar-refractivity contribution in [3.63, 3.8) is 0 Å². The van der Waals surface area contributed by atoms with Crippen LogP contribution in [-0.2, 0) is 14.3 Å². The van der Waals surface area contributed by atoms with E-state index in [1.54, 1.807) is 0 Å². The first kappa shape index (κ1) is 16.1. The van der Waals surface area contributed by atoms with Crippen molar-refractivity contribution in [3.05, 3.63) is 0 Å². The summed E-state index contributed by atoms with van der Waals surface area (Å²) in [5, 5.41) is 0. The molecule has 0 fully saturated rings. The lowest BCUT2D eigenvalue weighted by Crippen LogP contribution is -2.08. The van der Waals surface area contributed by atoms with Crippen molar-refractivity contribution in [1.82, 2.24) is 0 Å². The van der Waals surface area contributed by atoms with Crippen LogP contribution in [0, 0.1) is 0 Å². The Morgan fingerprint density at radius 3 is 2.12 bits per heavy atom. The summed E-state index contributed by atoms with van der Waals surface area (Å²) in [5.74, 6) is -0.0473. The SMILES string of the molecule is CCCCCOC(=O)CCC(=O)CCCCC. The molecule has 100 valence electrons. The Morgan fingerprint density at radius 1 is 0.824 bits per heavy atom. The van der Waals surface area contributed by atoms with Crippen LogP contribution in [-0.4, -0.2) is 18.4 Å². The van der Waals surface area contributed by atoms with Gasteiger partial charge < -0.3 is 4.74 Å². The number of hydrogen-bond acceptors (Lipinski definition) is 3. The maximum absolute atomic E-state index is 11.4. The van der Waals surface area contributed by atoms with Crippen molar-refractivity contribution >= 4 is 11.8 Å². The van der Waals surface area contributed by atoms with Gasteiger partial charge in [0.05, 0.1) is 13.0 Å². The number of unbranched alkanes of at least 4 members (excludes halogenated alkanes) is 4. The number of carbonyl (C=O) groups excluding carboxylic acids is 2. The molecule has 17 heavy (non-hydrogen) atoms. The van der Waals surface area contributed by atoms with Gasteiger partial charge in [0.2, 0.25) is 0 Å². The summed E-state index contributed by atoms with van der Waals surface area (Å²) in [6, 6.07) is 0. The third kappa shape index (κ3) is 11.4. The van der Waals surface area contributed by atoms with Crippen LogP contribution in [0.5, 0.6) is 0 Å². The van der Waals surface area contributed by atoms with E-state index in [9.17, 15) is 9.59 Å². The van der Waals surface area contributed by atoms with E-state index in [4.69, 9.17) is 4.74 Å². The maximum Gasteiger partial charge on any atom is 0.306 e. The predicted molar refractivity (Wildman–Crippen MR) is 68.9 cm³/mol. The molecule has 0 aliphatic heterocycles. The van der Waals surface area contributed by atoms with Gasteiger partial charge in [-0.2, -0.15) is 0 Å². The van der Waals surface area contributed by atoms with Crippen molar-refractivity contribution < 1.29 is 14.3 Å². The minimum Gasteiger partial charge on any atom is -0.466 e. The summed E-state index contributed by atoms with van der Waals surface area (Å²) in [6.07, 6.45) is 7.48. The highest BCUT2D eigenvalue weighted by atomic mass is 16.5. The Bertz CT molecular complexity index is 212. The van der Waals surface area contributed by atoms with Crippen LogP contribution in [0.2, 0.25) is 0 Å². The van der Waals surface area contributed by atoms with Gasteiger partial charge in [-0.15, -0.1) is 0 Å². The van der Waals surface area contributed by atoms with Crippen LogP contribution in [0.3, 0.4) is 0 Å². The molecule has 0 saturated carbocycles. The first-order valence-electron chi connectivity index (χ1n) is 6.88. The van der Waals surface area contributed by atoms with E-state index in [2.05, 4.69) is 13.8 Å². The number of ketones is 1. The topological polar surface area (TPSA) is 43.4 Å². The molecule has 0 atom stereocenters. The van der Waals surface area contributed by atoms with Gasteiger partial charge in [0.15, 0.2) is 0 Å². The van der Waals surface area contributed by atoms with Gasteiger partial charge in [0.1, 0.15) is 5.78 Å². The quantitative estimate of drug-likeness (QED) is 0.410. The number of carbonyl (C=O) groups is 2. The molecule has 0 bridgehead atoms. The minimum absolute atomic E-state index is 0.184. The van der Waals surface area contributed by atoms with E-state index in [0.29, 0.717) is 19.4 Å². The van der Waals surface area contributed by atoms with Crippen LogP contribution in [0.25, 0.3) is 0 Å². The van der Waals surface area contributed by atoms with Crippen molar-refractivity contribution in [2.75, 3.05) is 6.61 Å². The monoisotopic (exact) mass is 242 g/mol. The van der Waals surface area contributed by atoms with Gasteiger partial charge in [-0.1, -0.05) is 39.5 Å². The molecule has 0 radical (unpaired) electrons. The summed E-state index contributed by atoms with van der Waals surface area (Å²) in [7, 11) is 0. The van der Waals surface area contributed by atoms with Gasteiger partial charge in [-0.05, 0) is 12.8 Å². The molecule has 0 aromatic heterocycles. The highest BCUT2D eigenvalue weighted by Crippen LogP contribution is 2.04. The molecular formula is C14H26O3. The molecule has 0 N–H and O–H groups in total. The Morgan fingerprint density at radius 2 is 1.47 bits per heavy atom. The highest BCUT2D eigenvalue weighted by Gasteiger charge is 2.07. The highest BCUT2D eigenvalue weighted by molar-refractivity contribution is 5.82. The second-order valence-corrected chi connectivity index (χ2v) is 4.42. The number of ether oxygens (including phenoxy) is 1. The van der Waals surface area contributed by atoms with Crippen LogP contribution in [0.1, 0.15) is 71.6 Å². The lowest BCUT2D eigenvalue weighted by Gasteiger charge is -2.04. The largest absolute Gasteiger partial charge is 0.466 e. The standard InChI is InChI=1S/C14H26O3/c1-3-5-7-9-13(15)10-11-14(16)17-12-8-6-4-2/h3-12H2,1-2H3. The lowest BCUT2D eigenvalue weighted by molar-refractivity contribution is -0.145.